The van der Waals surface area contributed by atoms with Crippen molar-refractivity contribution in [2.75, 3.05) is 33.4 Å². The fraction of sp³-hybridized carbons (Fsp3) is 0.480. The van der Waals surface area contributed by atoms with Crippen LogP contribution in [-0.2, 0) is 0 Å². The van der Waals surface area contributed by atoms with Gasteiger partial charge in [-0.1, -0.05) is 18.2 Å². The molecule has 0 aliphatic heterocycles. The van der Waals surface area contributed by atoms with Gasteiger partial charge in [-0.25, -0.2) is 4.39 Å². The monoisotopic (exact) mass is 443 g/mol. The van der Waals surface area contributed by atoms with E-state index in [9.17, 15) is 9.18 Å². The molecule has 7 heteroatoms. The van der Waals surface area contributed by atoms with E-state index < -0.39 is 0 Å². The Morgan fingerprint density at radius 2 is 1.94 bits per heavy atom. The minimum atomic E-state index is -0.347. The summed E-state index contributed by atoms with van der Waals surface area (Å²) in [6.45, 7) is 3.86. The van der Waals surface area contributed by atoms with Crippen molar-refractivity contribution in [1.29, 1.82) is 0 Å². The van der Waals surface area contributed by atoms with Crippen molar-refractivity contribution in [3.63, 3.8) is 0 Å². The highest BCUT2D eigenvalue weighted by molar-refractivity contribution is 5.94. The predicted octanol–water partition coefficient (Wildman–Crippen LogP) is 3.13. The smallest absolute Gasteiger partial charge is 0.251 e. The number of benzene rings is 2. The summed E-state index contributed by atoms with van der Waals surface area (Å²) in [7, 11) is 1.48. The zero-order chi connectivity index (χ0) is 22.9. The third kappa shape index (κ3) is 6.51. The Labute approximate surface area is 189 Å². The average molecular weight is 444 g/mol. The van der Waals surface area contributed by atoms with Crippen molar-refractivity contribution in [2.24, 2.45) is 0 Å². The molecule has 1 aliphatic carbocycles. The predicted molar refractivity (Wildman–Crippen MR) is 124 cm³/mol. The number of halogens is 1. The number of aliphatic hydroxyl groups is 1. The fourth-order valence-corrected chi connectivity index (χ4v) is 4.31. The number of methoxy groups -OCH3 is 1. The molecule has 1 aliphatic rings. The minimum absolute atomic E-state index is 0.0862. The molecule has 0 heterocycles. The number of rotatable bonds is 11. The topological polar surface area (TPSA) is 82.6 Å². The van der Waals surface area contributed by atoms with E-state index in [0.717, 1.165) is 24.8 Å². The molecule has 1 saturated carbocycles. The summed E-state index contributed by atoms with van der Waals surface area (Å²) in [4.78, 5) is 12.3. The Balaban J connectivity index is 1.49. The maximum atomic E-state index is 13.7. The van der Waals surface area contributed by atoms with Gasteiger partial charge in [-0.2, -0.15) is 0 Å². The first-order valence-corrected chi connectivity index (χ1v) is 11.3. The third-order valence-corrected chi connectivity index (χ3v) is 6.11. The van der Waals surface area contributed by atoms with Gasteiger partial charge >= 0.3 is 0 Å². The molecular weight excluding hydrogens is 409 g/mol. The molecule has 3 atom stereocenters. The molecule has 0 bridgehead atoms. The van der Waals surface area contributed by atoms with Gasteiger partial charge in [-0.15, -0.1) is 0 Å². The van der Waals surface area contributed by atoms with Crippen LogP contribution < -0.4 is 20.7 Å². The molecule has 0 spiro atoms. The summed E-state index contributed by atoms with van der Waals surface area (Å²) in [6.07, 6.45) is 3.21. The number of nitrogens with one attached hydrogen (secondary N) is 3. The Kier molecular flexibility index (Phi) is 9.02. The number of hydrogen-bond donors (Lipinski definition) is 4. The molecule has 32 heavy (non-hydrogen) atoms. The first-order chi connectivity index (χ1) is 15.5. The standard InChI is InChI=1S/C25H34FN3O3/c1-17(20-8-10-23(26)24(16-20)32-2)29-22-9-7-21(15-22)18-3-5-19(6-4-18)25(31)28-12-11-27-13-14-30/h3-6,8,10,16-17,21-22,27,29-30H,7,9,11-15H2,1-2H3,(H,28,31). The fourth-order valence-electron chi connectivity index (χ4n) is 4.31. The van der Waals surface area contributed by atoms with Gasteiger partial charge in [0.1, 0.15) is 0 Å². The van der Waals surface area contributed by atoms with Gasteiger partial charge in [-0.05, 0) is 67.5 Å². The largest absolute Gasteiger partial charge is 0.494 e. The van der Waals surface area contributed by atoms with Gasteiger partial charge in [-0.3, -0.25) is 4.79 Å². The van der Waals surface area contributed by atoms with Crippen LogP contribution in [-0.4, -0.2) is 50.4 Å². The molecule has 1 amide bonds. The number of carbonyl (C=O) groups excluding carboxylic acids is 1. The third-order valence-electron chi connectivity index (χ3n) is 6.11. The SMILES string of the molecule is COc1cc(C(C)NC2CCC(c3ccc(C(=O)NCCNCCO)cc3)C2)ccc1F. The molecule has 3 rings (SSSR count). The Bertz CT molecular complexity index is 875. The summed E-state index contributed by atoms with van der Waals surface area (Å²) >= 11 is 0. The molecule has 1 fully saturated rings. The number of aliphatic hydroxyl groups excluding tert-OH is 1. The summed E-state index contributed by atoms with van der Waals surface area (Å²) in [5.41, 5.74) is 2.92. The van der Waals surface area contributed by atoms with Crippen LogP contribution in [0.2, 0.25) is 0 Å². The lowest BCUT2D eigenvalue weighted by atomic mass is 9.96. The van der Waals surface area contributed by atoms with Gasteiger partial charge in [0.2, 0.25) is 0 Å². The quantitative estimate of drug-likeness (QED) is 0.401. The van der Waals surface area contributed by atoms with Crippen LogP contribution >= 0.6 is 0 Å². The van der Waals surface area contributed by atoms with E-state index in [1.165, 1.54) is 18.7 Å². The van der Waals surface area contributed by atoms with Crippen LogP contribution in [0.25, 0.3) is 0 Å². The van der Waals surface area contributed by atoms with Crippen molar-refractivity contribution in [3.05, 3.63) is 65.0 Å². The molecular formula is C25H34FN3O3. The number of ether oxygens (including phenoxy) is 1. The van der Waals surface area contributed by atoms with Crippen molar-refractivity contribution in [2.45, 2.75) is 44.2 Å². The zero-order valence-electron chi connectivity index (χ0n) is 18.9. The van der Waals surface area contributed by atoms with Crippen LogP contribution in [0.5, 0.6) is 5.75 Å². The van der Waals surface area contributed by atoms with E-state index in [-0.39, 0.29) is 30.1 Å². The second kappa shape index (κ2) is 11.9. The van der Waals surface area contributed by atoms with Gasteiger partial charge in [0.25, 0.3) is 5.91 Å². The van der Waals surface area contributed by atoms with Crippen LogP contribution in [0.15, 0.2) is 42.5 Å². The molecule has 174 valence electrons. The van der Waals surface area contributed by atoms with Crippen LogP contribution in [0.3, 0.4) is 0 Å². The van der Waals surface area contributed by atoms with Crippen molar-refractivity contribution >= 4 is 5.91 Å². The van der Waals surface area contributed by atoms with E-state index in [0.29, 0.717) is 37.2 Å². The second-order valence-electron chi connectivity index (χ2n) is 8.34. The normalized spacial score (nSPS) is 19.0. The first kappa shape index (κ1) is 24.2. The van der Waals surface area contributed by atoms with E-state index in [4.69, 9.17) is 9.84 Å². The number of hydrogen-bond acceptors (Lipinski definition) is 5. The van der Waals surface area contributed by atoms with Crippen LogP contribution in [0.1, 0.15) is 59.6 Å². The van der Waals surface area contributed by atoms with Gasteiger partial charge in [0.15, 0.2) is 11.6 Å². The molecule has 6 nitrogen and oxygen atoms in total. The molecule has 3 unspecified atom stereocenters. The van der Waals surface area contributed by atoms with Crippen molar-refractivity contribution in [3.8, 4) is 5.75 Å². The molecule has 0 saturated heterocycles. The summed E-state index contributed by atoms with van der Waals surface area (Å²) in [5, 5.41) is 18.3. The Hall–Kier alpha value is -2.48. The van der Waals surface area contributed by atoms with Crippen molar-refractivity contribution in [1.82, 2.24) is 16.0 Å². The Morgan fingerprint density at radius 3 is 2.66 bits per heavy atom. The summed E-state index contributed by atoms with van der Waals surface area (Å²) < 4.78 is 18.8. The zero-order valence-corrected chi connectivity index (χ0v) is 18.9. The highest BCUT2D eigenvalue weighted by Crippen LogP contribution is 2.35. The van der Waals surface area contributed by atoms with Crippen LogP contribution in [0.4, 0.5) is 4.39 Å². The molecule has 4 N–H and O–H groups in total. The maximum Gasteiger partial charge on any atom is 0.251 e. The molecule has 2 aromatic carbocycles. The second-order valence-corrected chi connectivity index (χ2v) is 8.34. The highest BCUT2D eigenvalue weighted by atomic mass is 19.1. The average Bonchev–Trinajstić information content (AvgIpc) is 3.27. The lowest BCUT2D eigenvalue weighted by molar-refractivity contribution is 0.0954. The maximum absolute atomic E-state index is 13.7. The minimum Gasteiger partial charge on any atom is -0.494 e. The number of amides is 1. The van der Waals surface area contributed by atoms with Gasteiger partial charge in [0.05, 0.1) is 13.7 Å². The summed E-state index contributed by atoms with van der Waals surface area (Å²) in [5.74, 6) is 0.296. The lowest BCUT2D eigenvalue weighted by Gasteiger charge is -2.21. The van der Waals surface area contributed by atoms with Gasteiger partial charge < -0.3 is 25.8 Å². The van der Waals surface area contributed by atoms with E-state index in [2.05, 4.69) is 35.0 Å². The first-order valence-electron chi connectivity index (χ1n) is 11.3. The Morgan fingerprint density at radius 1 is 1.16 bits per heavy atom. The van der Waals surface area contributed by atoms with Crippen molar-refractivity contribution < 1.29 is 19.0 Å². The highest BCUT2D eigenvalue weighted by Gasteiger charge is 2.27. The molecule has 2 aromatic rings. The van der Waals surface area contributed by atoms with E-state index in [1.54, 1.807) is 12.1 Å². The summed E-state index contributed by atoms with van der Waals surface area (Å²) in [6, 6.07) is 13.4. The number of carbonyl (C=O) groups is 1. The lowest BCUT2D eigenvalue weighted by Crippen LogP contribution is -2.32. The molecule has 0 aromatic heterocycles. The van der Waals surface area contributed by atoms with Crippen LogP contribution in [0, 0.1) is 5.82 Å². The molecule has 0 radical (unpaired) electrons. The van der Waals surface area contributed by atoms with Gasteiger partial charge in [0, 0.05) is 37.3 Å². The van der Waals surface area contributed by atoms with E-state index >= 15 is 0 Å². The van der Waals surface area contributed by atoms with E-state index in [1.807, 2.05) is 12.1 Å².